The van der Waals surface area contributed by atoms with Crippen LogP contribution in [-0.2, 0) is 9.84 Å². The predicted octanol–water partition coefficient (Wildman–Crippen LogP) is 3.64. The van der Waals surface area contributed by atoms with Crippen LogP contribution in [0.3, 0.4) is 0 Å². The Labute approximate surface area is 143 Å². The molecule has 0 amide bonds. The summed E-state index contributed by atoms with van der Waals surface area (Å²) in [6.07, 6.45) is 2.33. The van der Waals surface area contributed by atoms with Gasteiger partial charge in [0.05, 0.1) is 11.2 Å². The fourth-order valence-electron chi connectivity index (χ4n) is 2.17. The second-order valence-electron chi connectivity index (χ2n) is 5.30. The van der Waals surface area contributed by atoms with Gasteiger partial charge in [0.15, 0.2) is 15.6 Å². The molecule has 2 aromatic carbocycles. The molecule has 1 aromatic heterocycles. The van der Waals surface area contributed by atoms with Crippen LogP contribution in [-0.4, -0.2) is 14.7 Å². The minimum absolute atomic E-state index is 0.0683. The van der Waals surface area contributed by atoms with Crippen molar-refractivity contribution in [2.75, 3.05) is 6.26 Å². The van der Waals surface area contributed by atoms with E-state index in [2.05, 4.69) is 0 Å². The Morgan fingerprint density at radius 3 is 2.20 bits per heavy atom. The van der Waals surface area contributed by atoms with E-state index in [0.717, 1.165) is 6.26 Å². The van der Waals surface area contributed by atoms with Gasteiger partial charge in [-0.3, -0.25) is 4.79 Å². The van der Waals surface area contributed by atoms with Crippen molar-refractivity contribution in [3.8, 4) is 22.8 Å². The Morgan fingerprint density at radius 2 is 1.60 bits per heavy atom. The van der Waals surface area contributed by atoms with Crippen molar-refractivity contribution in [1.29, 1.82) is 0 Å². The maximum Gasteiger partial charge on any atom is 0.228 e. The highest BCUT2D eigenvalue weighted by molar-refractivity contribution is 7.90. The first-order chi connectivity index (χ1) is 11.8. The molecular weight excluding hydrogens is 347 g/mol. The zero-order valence-electron chi connectivity index (χ0n) is 13.1. The van der Waals surface area contributed by atoms with E-state index in [4.69, 9.17) is 9.15 Å². The van der Waals surface area contributed by atoms with E-state index in [1.54, 1.807) is 0 Å². The third kappa shape index (κ3) is 3.77. The van der Waals surface area contributed by atoms with Gasteiger partial charge in [0.25, 0.3) is 0 Å². The number of halogens is 1. The first-order valence-electron chi connectivity index (χ1n) is 7.20. The Balaban J connectivity index is 2.04. The molecule has 3 aromatic rings. The highest BCUT2D eigenvalue weighted by Gasteiger charge is 2.15. The van der Waals surface area contributed by atoms with Crippen LogP contribution < -0.4 is 10.2 Å². The molecule has 0 spiro atoms. The van der Waals surface area contributed by atoms with Gasteiger partial charge < -0.3 is 9.15 Å². The van der Waals surface area contributed by atoms with Gasteiger partial charge in [-0.2, -0.15) is 0 Å². The van der Waals surface area contributed by atoms with Gasteiger partial charge in [0.2, 0.25) is 11.2 Å². The first-order valence-corrected chi connectivity index (χ1v) is 9.09. The van der Waals surface area contributed by atoms with Crippen molar-refractivity contribution in [2.45, 2.75) is 4.90 Å². The molecule has 0 N–H and O–H groups in total. The summed E-state index contributed by atoms with van der Waals surface area (Å²) >= 11 is 0. The Morgan fingerprint density at radius 1 is 0.960 bits per heavy atom. The fraction of sp³-hybridized carbons (Fsp3) is 0.0556. The Kier molecular flexibility index (Phi) is 4.41. The summed E-state index contributed by atoms with van der Waals surface area (Å²) < 4.78 is 47.0. The third-order valence-corrected chi connectivity index (χ3v) is 4.54. The molecular formula is C18H13FO5S. The van der Waals surface area contributed by atoms with Gasteiger partial charge in [0, 0.05) is 17.9 Å². The monoisotopic (exact) mass is 360 g/mol. The summed E-state index contributed by atoms with van der Waals surface area (Å²) in [6.45, 7) is 0. The lowest BCUT2D eigenvalue weighted by Crippen LogP contribution is -2.04. The van der Waals surface area contributed by atoms with Crippen LogP contribution in [0.4, 0.5) is 4.39 Å². The zero-order valence-corrected chi connectivity index (χ0v) is 13.9. The van der Waals surface area contributed by atoms with Crippen molar-refractivity contribution in [3.05, 3.63) is 76.9 Å². The quantitative estimate of drug-likeness (QED) is 0.710. The minimum atomic E-state index is -3.33. The lowest BCUT2D eigenvalue weighted by Gasteiger charge is -2.09. The standard InChI is InChI=1S/C18H13FO5S/c1-25(21,22)15-8-2-12(3-9-15)17-18(16(20)10-11-23-17)24-14-6-4-13(19)5-7-14/h2-11H,1H3. The summed E-state index contributed by atoms with van der Waals surface area (Å²) in [5.74, 6) is -0.0731. The number of ether oxygens (including phenoxy) is 1. The highest BCUT2D eigenvalue weighted by atomic mass is 32.2. The van der Waals surface area contributed by atoms with Crippen LogP contribution >= 0.6 is 0 Å². The van der Waals surface area contributed by atoms with Crippen LogP contribution in [0.15, 0.2) is 75.0 Å². The van der Waals surface area contributed by atoms with Gasteiger partial charge >= 0.3 is 0 Å². The molecule has 0 radical (unpaired) electrons. The summed E-state index contributed by atoms with van der Waals surface area (Å²) in [5, 5.41) is 0. The lowest BCUT2D eigenvalue weighted by atomic mass is 10.1. The van der Waals surface area contributed by atoms with Crippen molar-refractivity contribution >= 4 is 9.84 Å². The Bertz CT molecular complexity index is 1050. The maximum absolute atomic E-state index is 13.0. The predicted molar refractivity (Wildman–Crippen MR) is 90.0 cm³/mol. The van der Waals surface area contributed by atoms with E-state index < -0.39 is 21.1 Å². The van der Waals surface area contributed by atoms with Crippen LogP contribution in [0, 0.1) is 5.82 Å². The van der Waals surface area contributed by atoms with Gasteiger partial charge in [0.1, 0.15) is 11.6 Å². The van der Waals surface area contributed by atoms with E-state index in [0.29, 0.717) is 5.56 Å². The molecule has 0 atom stereocenters. The summed E-state index contributed by atoms with van der Waals surface area (Å²) in [7, 11) is -3.33. The van der Waals surface area contributed by atoms with E-state index in [1.165, 1.54) is 60.9 Å². The molecule has 0 saturated carbocycles. The fourth-order valence-corrected chi connectivity index (χ4v) is 2.81. The molecule has 128 valence electrons. The van der Waals surface area contributed by atoms with E-state index in [9.17, 15) is 17.6 Å². The second-order valence-corrected chi connectivity index (χ2v) is 7.31. The van der Waals surface area contributed by atoms with Crippen LogP contribution in [0.25, 0.3) is 11.3 Å². The van der Waals surface area contributed by atoms with Crippen molar-refractivity contribution in [1.82, 2.24) is 0 Å². The average molecular weight is 360 g/mol. The van der Waals surface area contributed by atoms with Crippen molar-refractivity contribution < 1.29 is 22.0 Å². The summed E-state index contributed by atoms with van der Waals surface area (Å²) in [4.78, 5) is 12.3. The lowest BCUT2D eigenvalue weighted by molar-refractivity contribution is 0.446. The normalized spacial score (nSPS) is 11.3. The number of hydrogen-bond acceptors (Lipinski definition) is 5. The molecule has 0 aliphatic carbocycles. The van der Waals surface area contributed by atoms with Gasteiger partial charge in [-0.1, -0.05) is 0 Å². The average Bonchev–Trinajstić information content (AvgIpc) is 2.58. The Hall–Kier alpha value is -2.93. The number of hydrogen-bond donors (Lipinski definition) is 0. The number of benzene rings is 2. The topological polar surface area (TPSA) is 73.6 Å². The first kappa shape index (κ1) is 16.9. The smallest absolute Gasteiger partial charge is 0.228 e. The van der Waals surface area contributed by atoms with Crippen molar-refractivity contribution in [2.24, 2.45) is 0 Å². The minimum Gasteiger partial charge on any atom is -0.460 e. The molecule has 0 unspecified atom stereocenters. The highest BCUT2D eigenvalue weighted by Crippen LogP contribution is 2.31. The van der Waals surface area contributed by atoms with Crippen LogP contribution in [0.1, 0.15) is 0 Å². The van der Waals surface area contributed by atoms with Gasteiger partial charge in [-0.25, -0.2) is 12.8 Å². The molecule has 3 rings (SSSR count). The molecule has 0 aliphatic heterocycles. The molecule has 0 bridgehead atoms. The third-order valence-electron chi connectivity index (χ3n) is 3.41. The molecule has 7 heteroatoms. The molecule has 0 saturated heterocycles. The van der Waals surface area contributed by atoms with E-state index in [-0.39, 0.29) is 22.2 Å². The van der Waals surface area contributed by atoms with E-state index >= 15 is 0 Å². The summed E-state index contributed by atoms with van der Waals surface area (Å²) in [5.41, 5.74) is 0.0555. The molecule has 1 heterocycles. The van der Waals surface area contributed by atoms with E-state index in [1.807, 2.05) is 0 Å². The molecule has 0 fully saturated rings. The van der Waals surface area contributed by atoms with Gasteiger partial charge in [-0.15, -0.1) is 0 Å². The number of sulfone groups is 1. The zero-order chi connectivity index (χ0) is 18.0. The van der Waals surface area contributed by atoms with Crippen molar-refractivity contribution in [3.63, 3.8) is 0 Å². The number of rotatable bonds is 4. The van der Waals surface area contributed by atoms with Crippen LogP contribution in [0.5, 0.6) is 11.5 Å². The largest absolute Gasteiger partial charge is 0.460 e. The molecule has 25 heavy (non-hydrogen) atoms. The van der Waals surface area contributed by atoms with Crippen LogP contribution in [0.2, 0.25) is 0 Å². The molecule has 0 aliphatic rings. The molecule has 5 nitrogen and oxygen atoms in total. The summed E-state index contributed by atoms with van der Waals surface area (Å²) in [6, 6.07) is 12.3. The SMILES string of the molecule is CS(=O)(=O)c1ccc(-c2occc(=O)c2Oc2ccc(F)cc2)cc1. The second kappa shape index (κ2) is 6.52. The van der Waals surface area contributed by atoms with Gasteiger partial charge in [-0.05, 0) is 48.5 Å². The maximum atomic E-state index is 13.0.